The van der Waals surface area contributed by atoms with Crippen LogP contribution in [0.4, 0.5) is 0 Å². The highest BCUT2D eigenvalue weighted by atomic mass is 16.2. The first-order valence-corrected chi connectivity index (χ1v) is 6.83. The maximum Gasteiger partial charge on any atom is 0.270 e. The molecule has 0 fully saturated rings. The SMILES string of the molecule is O=C(c1cc2ccccc2[nH]1)N1CCc2[nH]ccc2C1. The molecule has 0 saturated carbocycles. The largest absolute Gasteiger partial charge is 0.365 e. The Balaban J connectivity index is 1.64. The Bertz CT molecular complexity index is 751. The number of amides is 1. The molecule has 100 valence electrons. The lowest BCUT2D eigenvalue weighted by Gasteiger charge is -2.26. The zero-order chi connectivity index (χ0) is 13.5. The minimum absolute atomic E-state index is 0.0769. The first-order chi connectivity index (χ1) is 9.81. The number of carbonyl (C=O) groups is 1. The van der Waals surface area contributed by atoms with Crippen LogP contribution >= 0.6 is 0 Å². The van der Waals surface area contributed by atoms with Crippen LogP contribution in [0.15, 0.2) is 42.6 Å². The number of rotatable bonds is 1. The highest BCUT2D eigenvalue weighted by Gasteiger charge is 2.23. The van der Waals surface area contributed by atoms with Crippen LogP contribution in [0.3, 0.4) is 0 Å². The quantitative estimate of drug-likeness (QED) is 0.698. The van der Waals surface area contributed by atoms with Crippen molar-refractivity contribution in [2.75, 3.05) is 6.54 Å². The smallest absolute Gasteiger partial charge is 0.270 e. The van der Waals surface area contributed by atoms with Crippen LogP contribution in [0.1, 0.15) is 21.7 Å². The molecule has 1 aromatic carbocycles. The highest BCUT2D eigenvalue weighted by Crippen LogP contribution is 2.21. The van der Waals surface area contributed by atoms with E-state index in [1.54, 1.807) is 0 Å². The molecule has 0 atom stereocenters. The van der Waals surface area contributed by atoms with Gasteiger partial charge in [-0.05, 0) is 23.8 Å². The molecular formula is C16H15N3O. The van der Waals surface area contributed by atoms with E-state index in [9.17, 15) is 4.79 Å². The van der Waals surface area contributed by atoms with Gasteiger partial charge < -0.3 is 14.9 Å². The summed E-state index contributed by atoms with van der Waals surface area (Å²) in [5.41, 5.74) is 4.16. The van der Waals surface area contributed by atoms with Crippen molar-refractivity contribution in [3.63, 3.8) is 0 Å². The van der Waals surface area contributed by atoms with Crippen molar-refractivity contribution in [2.24, 2.45) is 0 Å². The Morgan fingerprint density at radius 1 is 1.20 bits per heavy atom. The number of fused-ring (bicyclic) bond motifs is 2. The second kappa shape index (κ2) is 4.27. The molecule has 0 unspecified atom stereocenters. The van der Waals surface area contributed by atoms with Crippen molar-refractivity contribution in [1.82, 2.24) is 14.9 Å². The third-order valence-electron chi connectivity index (χ3n) is 3.97. The van der Waals surface area contributed by atoms with Crippen LogP contribution in [-0.2, 0) is 13.0 Å². The van der Waals surface area contributed by atoms with Crippen molar-refractivity contribution < 1.29 is 4.79 Å². The average molecular weight is 265 g/mol. The summed E-state index contributed by atoms with van der Waals surface area (Å²) in [6.07, 6.45) is 2.84. The number of para-hydroxylation sites is 1. The number of hydrogen-bond donors (Lipinski definition) is 2. The van der Waals surface area contributed by atoms with E-state index in [1.807, 2.05) is 41.4 Å². The Morgan fingerprint density at radius 2 is 2.10 bits per heavy atom. The lowest BCUT2D eigenvalue weighted by atomic mass is 10.1. The van der Waals surface area contributed by atoms with Crippen molar-refractivity contribution >= 4 is 16.8 Å². The van der Waals surface area contributed by atoms with Crippen molar-refractivity contribution in [3.8, 4) is 0 Å². The number of nitrogens with zero attached hydrogens (tertiary/aromatic N) is 1. The minimum atomic E-state index is 0.0769. The topological polar surface area (TPSA) is 51.9 Å². The van der Waals surface area contributed by atoms with Gasteiger partial charge in [-0.2, -0.15) is 0 Å². The number of hydrogen-bond acceptors (Lipinski definition) is 1. The number of aromatic amines is 2. The van der Waals surface area contributed by atoms with E-state index in [0.717, 1.165) is 23.9 Å². The number of carbonyl (C=O) groups excluding carboxylic acids is 1. The number of nitrogens with one attached hydrogen (secondary N) is 2. The van der Waals surface area contributed by atoms with Gasteiger partial charge in [0.25, 0.3) is 5.91 Å². The molecule has 3 aromatic rings. The van der Waals surface area contributed by atoms with Crippen molar-refractivity contribution in [3.05, 3.63) is 59.5 Å². The maximum atomic E-state index is 12.6. The first-order valence-electron chi connectivity index (χ1n) is 6.83. The number of aromatic nitrogens is 2. The van der Waals surface area contributed by atoms with E-state index >= 15 is 0 Å². The molecule has 4 heteroatoms. The summed E-state index contributed by atoms with van der Waals surface area (Å²) in [5, 5.41) is 1.08. The van der Waals surface area contributed by atoms with Gasteiger partial charge in [0, 0.05) is 42.3 Å². The van der Waals surface area contributed by atoms with Gasteiger partial charge in [0.1, 0.15) is 5.69 Å². The molecule has 1 amide bonds. The lowest BCUT2D eigenvalue weighted by molar-refractivity contribution is 0.0729. The molecule has 2 aromatic heterocycles. The van der Waals surface area contributed by atoms with Gasteiger partial charge in [0.15, 0.2) is 0 Å². The molecule has 0 saturated heterocycles. The molecule has 1 aliphatic heterocycles. The van der Waals surface area contributed by atoms with Gasteiger partial charge in [-0.3, -0.25) is 4.79 Å². The van der Waals surface area contributed by atoms with Gasteiger partial charge in [-0.25, -0.2) is 0 Å². The maximum absolute atomic E-state index is 12.6. The van der Waals surface area contributed by atoms with Gasteiger partial charge in [-0.1, -0.05) is 18.2 Å². The summed E-state index contributed by atoms with van der Waals surface area (Å²) in [7, 11) is 0. The Morgan fingerprint density at radius 3 is 3.00 bits per heavy atom. The summed E-state index contributed by atoms with van der Waals surface area (Å²) in [6.45, 7) is 1.45. The Labute approximate surface area is 116 Å². The van der Waals surface area contributed by atoms with Crippen LogP contribution in [0.2, 0.25) is 0 Å². The van der Waals surface area contributed by atoms with Crippen LogP contribution < -0.4 is 0 Å². The monoisotopic (exact) mass is 265 g/mol. The zero-order valence-corrected chi connectivity index (χ0v) is 11.0. The van der Waals surface area contributed by atoms with E-state index in [0.29, 0.717) is 12.2 Å². The molecule has 0 spiro atoms. The fourth-order valence-electron chi connectivity index (χ4n) is 2.88. The summed E-state index contributed by atoms with van der Waals surface area (Å²) in [4.78, 5) is 20.9. The second-order valence-electron chi connectivity index (χ2n) is 5.23. The molecule has 0 aliphatic carbocycles. The molecule has 3 heterocycles. The van der Waals surface area contributed by atoms with Gasteiger partial charge in [-0.15, -0.1) is 0 Å². The fraction of sp³-hybridized carbons (Fsp3) is 0.188. The molecule has 1 aliphatic rings. The summed E-state index contributed by atoms with van der Waals surface area (Å²) < 4.78 is 0. The van der Waals surface area contributed by atoms with Gasteiger partial charge in [0.2, 0.25) is 0 Å². The van der Waals surface area contributed by atoms with Gasteiger partial charge >= 0.3 is 0 Å². The van der Waals surface area contributed by atoms with Crippen LogP contribution in [0.25, 0.3) is 10.9 Å². The Kier molecular flexibility index (Phi) is 2.42. The van der Waals surface area contributed by atoms with Crippen LogP contribution in [0, 0.1) is 0 Å². The van der Waals surface area contributed by atoms with E-state index in [1.165, 1.54) is 11.3 Å². The van der Waals surface area contributed by atoms with E-state index in [-0.39, 0.29) is 5.91 Å². The predicted molar refractivity (Wildman–Crippen MR) is 77.5 cm³/mol. The predicted octanol–water partition coefficient (Wildman–Crippen LogP) is 2.69. The normalized spacial score (nSPS) is 14.5. The fourth-order valence-corrected chi connectivity index (χ4v) is 2.88. The molecular weight excluding hydrogens is 250 g/mol. The second-order valence-corrected chi connectivity index (χ2v) is 5.23. The Hall–Kier alpha value is -2.49. The third-order valence-corrected chi connectivity index (χ3v) is 3.97. The van der Waals surface area contributed by atoms with Crippen LogP contribution in [0.5, 0.6) is 0 Å². The zero-order valence-electron chi connectivity index (χ0n) is 11.0. The van der Waals surface area contributed by atoms with E-state index < -0.39 is 0 Å². The molecule has 4 rings (SSSR count). The standard InChI is InChI=1S/C16H15N3O/c20-16(15-9-11-3-1-2-4-14(11)18-15)19-8-6-13-12(10-19)5-7-17-13/h1-5,7,9,17-18H,6,8,10H2. The number of benzene rings is 1. The lowest BCUT2D eigenvalue weighted by Crippen LogP contribution is -2.35. The summed E-state index contributed by atoms with van der Waals surface area (Å²) in [6, 6.07) is 12.0. The van der Waals surface area contributed by atoms with E-state index in [2.05, 4.69) is 16.0 Å². The molecule has 0 bridgehead atoms. The first kappa shape index (κ1) is 11.3. The molecule has 4 nitrogen and oxygen atoms in total. The third kappa shape index (κ3) is 1.72. The molecule has 20 heavy (non-hydrogen) atoms. The van der Waals surface area contributed by atoms with Crippen molar-refractivity contribution in [1.29, 1.82) is 0 Å². The van der Waals surface area contributed by atoms with E-state index in [4.69, 9.17) is 0 Å². The van der Waals surface area contributed by atoms with Crippen LogP contribution in [-0.4, -0.2) is 27.3 Å². The molecule has 0 radical (unpaired) electrons. The number of H-pyrrole nitrogens is 2. The van der Waals surface area contributed by atoms with Crippen molar-refractivity contribution in [2.45, 2.75) is 13.0 Å². The summed E-state index contributed by atoms with van der Waals surface area (Å²) >= 11 is 0. The summed E-state index contributed by atoms with van der Waals surface area (Å²) in [5.74, 6) is 0.0769. The highest BCUT2D eigenvalue weighted by molar-refractivity contribution is 5.98. The average Bonchev–Trinajstić information content (AvgIpc) is 3.11. The minimum Gasteiger partial charge on any atom is -0.365 e. The van der Waals surface area contributed by atoms with Gasteiger partial charge in [0.05, 0.1) is 0 Å². The molecule has 2 N–H and O–H groups in total.